The van der Waals surface area contributed by atoms with E-state index in [4.69, 9.17) is 17.3 Å². The molecule has 2 aromatic carbocycles. The lowest BCUT2D eigenvalue weighted by Crippen LogP contribution is -2.14. The highest BCUT2D eigenvalue weighted by atomic mass is 79.9. The third kappa shape index (κ3) is 3.31. The SMILES string of the molecule is NC(Cc1ccc(Br)cc1F)c1cccc(Cl)c1. The average molecular weight is 329 g/mol. The Hall–Kier alpha value is -0.900. The number of halogens is 3. The van der Waals surface area contributed by atoms with Crippen molar-refractivity contribution in [3.8, 4) is 0 Å². The minimum Gasteiger partial charge on any atom is -0.324 e. The molecular weight excluding hydrogens is 317 g/mol. The van der Waals surface area contributed by atoms with Crippen molar-refractivity contribution in [1.29, 1.82) is 0 Å². The molecule has 1 nitrogen and oxygen atoms in total. The van der Waals surface area contributed by atoms with E-state index in [2.05, 4.69) is 15.9 Å². The summed E-state index contributed by atoms with van der Waals surface area (Å²) in [5.74, 6) is -0.248. The van der Waals surface area contributed by atoms with E-state index in [0.29, 0.717) is 17.0 Å². The molecule has 18 heavy (non-hydrogen) atoms. The molecule has 0 saturated heterocycles. The van der Waals surface area contributed by atoms with E-state index < -0.39 is 0 Å². The van der Waals surface area contributed by atoms with Gasteiger partial charge in [0.1, 0.15) is 5.82 Å². The van der Waals surface area contributed by atoms with E-state index in [1.54, 1.807) is 12.1 Å². The molecule has 0 bridgehead atoms. The van der Waals surface area contributed by atoms with Crippen molar-refractivity contribution in [2.24, 2.45) is 5.73 Å². The van der Waals surface area contributed by atoms with Crippen LogP contribution in [0.4, 0.5) is 4.39 Å². The average Bonchev–Trinajstić information content (AvgIpc) is 2.32. The first kappa shape index (κ1) is 13.5. The first-order valence-electron chi connectivity index (χ1n) is 5.51. The van der Waals surface area contributed by atoms with Gasteiger partial charge in [-0.15, -0.1) is 0 Å². The van der Waals surface area contributed by atoms with Crippen molar-refractivity contribution in [1.82, 2.24) is 0 Å². The largest absolute Gasteiger partial charge is 0.324 e. The van der Waals surface area contributed by atoms with Gasteiger partial charge in [0.15, 0.2) is 0 Å². The zero-order valence-electron chi connectivity index (χ0n) is 9.54. The summed E-state index contributed by atoms with van der Waals surface area (Å²) in [5.41, 5.74) is 7.58. The van der Waals surface area contributed by atoms with Crippen LogP contribution in [0.25, 0.3) is 0 Å². The molecule has 4 heteroatoms. The monoisotopic (exact) mass is 327 g/mol. The number of rotatable bonds is 3. The Balaban J connectivity index is 2.18. The minimum atomic E-state index is -0.264. The highest BCUT2D eigenvalue weighted by molar-refractivity contribution is 9.10. The molecule has 0 saturated carbocycles. The van der Waals surface area contributed by atoms with Crippen LogP contribution in [0.5, 0.6) is 0 Å². The van der Waals surface area contributed by atoms with Crippen molar-refractivity contribution >= 4 is 27.5 Å². The molecule has 0 aromatic heterocycles. The molecule has 0 aliphatic rings. The maximum atomic E-state index is 13.7. The summed E-state index contributed by atoms with van der Waals surface area (Å²) in [6.45, 7) is 0. The molecule has 0 aliphatic carbocycles. The summed E-state index contributed by atoms with van der Waals surface area (Å²) in [5, 5.41) is 0.638. The summed E-state index contributed by atoms with van der Waals surface area (Å²) in [6, 6.07) is 12.1. The van der Waals surface area contributed by atoms with Gasteiger partial charge in [-0.2, -0.15) is 0 Å². The van der Waals surface area contributed by atoms with Gasteiger partial charge in [-0.1, -0.05) is 45.7 Å². The van der Waals surface area contributed by atoms with Crippen LogP contribution in [0.1, 0.15) is 17.2 Å². The summed E-state index contributed by atoms with van der Waals surface area (Å²) in [4.78, 5) is 0. The van der Waals surface area contributed by atoms with Gasteiger partial charge in [-0.25, -0.2) is 4.39 Å². The normalized spacial score (nSPS) is 12.4. The fraction of sp³-hybridized carbons (Fsp3) is 0.143. The highest BCUT2D eigenvalue weighted by Gasteiger charge is 2.11. The van der Waals surface area contributed by atoms with Gasteiger partial charge in [0.25, 0.3) is 0 Å². The second kappa shape index (κ2) is 5.83. The van der Waals surface area contributed by atoms with E-state index in [-0.39, 0.29) is 11.9 Å². The Labute approximate surface area is 119 Å². The Bertz CT molecular complexity index is 559. The van der Waals surface area contributed by atoms with Gasteiger partial charge in [-0.05, 0) is 41.8 Å². The van der Waals surface area contributed by atoms with Crippen molar-refractivity contribution in [3.05, 3.63) is 68.9 Å². The topological polar surface area (TPSA) is 26.0 Å². The summed E-state index contributed by atoms with van der Waals surface area (Å²) in [7, 11) is 0. The summed E-state index contributed by atoms with van der Waals surface area (Å²) < 4.78 is 14.4. The van der Waals surface area contributed by atoms with Crippen LogP contribution in [0.3, 0.4) is 0 Å². The van der Waals surface area contributed by atoms with E-state index in [9.17, 15) is 4.39 Å². The Kier molecular flexibility index (Phi) is 4.38. The molecule has 0 spiro atoms. The smallest absolute Gasteiger partial charge is 0.127 e. The van der Waals surface area contributed by atoms with Gasteiger partial charge >= 0.3 is 0 Å². The first-order valence-corrected chi connectivity index (χ1v) is 6.68. The standard InChI is InChI=1S/C14H12BrClFN/c15-11-5-4-9(13(17)8-11)7-14(18)10-2-1-3-12(16)6-10/h1-6,8,14H,7,18H2. The van der Waals surface area contributed by atoms with Gasteiger partial charge < -0.3 is 5.73 Å². The van der Waals surface area contributed by atoms with Crippen LogP contribution >= 0.6 is 27.5 Å². The zero-order valence-corrected chi connectivity index (χ0v) is 11.9. The number of benzene rings is 2. The molecular formula is C14H12BrClFN. The first-order chi connectivity index (χ1) is 8.56. The fourth-order valence-electron chi connectivity index (χ4n) is 1.78. The molecule has 2 aromatic rings. The molecule has 2 N–H and O–H groups in total. The predicted molar refractivity (Wildman–Crippen MR) is 76.2 cm³/mol. The molecule has 1 atom stereocenters. The van der Waals surface area contributed by atoms with Crippen LogP contribution in [0.15, 0.2) is 46.9 Å². The van der Waals surface area contributed by atoms with Gasteiger partial charge in [0, 0.05) is 15.5 Å². The van der Waals surface area contributed by atoms with E-state index in [1.165, 1.54) is 6.07 Å². The van der Waals surface area contributed by atoms with Gasteiger partial charge in [0.05, 0.1) is 0 Å². The van der Waals surface area contributed by atoms with E-state index in [0.717, 1.165) is 10.0 Å². The van der Waals surface area contributed by atoms with Crippen molar-refractivity contribution in [2.75, 3.05) is 0 Å². The van der Waals surface area contributed by atoms with Gasteiger partial charge in [0.2, 0.25) is 0 Å². The maximum Gasteiger partial charge on any atom is 0.127 e. The molecule has 2 rings (SSSR count). The van der Waals surface area contributed by atoms with E-state index in [1.807, 2.05) is 24.3 Å². The fourth-order valence-corrected chi connectivity index (χ4v) is 2.31. The lowest BCUT2D eigenvalue weighted by atomic mass is 9.99. The van der Waals surface area contributed by atoms with Crippen LogP contribution in [-0.4, -0.2) is 0 Å². The Morgan fingerprint density at radius 3 is 2.67 bits per heavy atom. The lowest BCUT2D eigenvalue weighted by Gasteiger charge is -2.13. The number of hydrogen-bond acceptors (Lipinski definition) is 1. The third-order valence-corrected chi connectivity index (χ3v) is 3.46. The van der Waals surface area contributed by atoms with Crippen molar-refractivity contribution < 1.29 is 4.39 Å². The van der Waals surface area contributed by atoms with Crippen molar-refractivity contribution in [3.63, 3.8) is 0 Å². The summed E-state index contributed by atoms with van der Waals surface area (Å²) >= 11 is 9.14. The lowest BCUT2D eigenvalue weighted by molar-refractivity contribution is 0.592. The van der Waals surface area contributed by atoms with Crippen LogP contribution in [0.2, 0.25) is 5.02 Å². The molecule has 0 fully saturated rings. The van der Waals surface area contributed by atoms with Crippen LogP contribution < -0.4 is 5.73 Å². The Morgan fingerprint density at radius 1 is 1.22 bits per heavy atom. The van der Waals surface area contributed by atoms with Crippen molar-refractivity contribution in [2.45, 2.75) is 12.5 Å². The molecule has 1 unspecified atom stereocenters. The predicted octanol–water partition coefficient (Wildman–Crippen LogP) is 4.48. The number of hydrogen-bond donors (Lipinski definition) is 1. The molecule has 94 valence electrons. The second-order valence-electron chi connectivity index (χ2n) is 4.10. The van der Waals surface area contributed by atoms with Gasteiger partial charge in [-0.3, -0.25) is 0 Å². The Morgan fingerprint density at radius 2 is 2.00 bits per heavy atom. The zero-order chi connectivity index (χ0) is 13.1. The number of nitrogens with two attached hydrogens (primary N) is 1. The molecule has 0 heterocycles. The third-order valence-electron chi connectivity index (χ3n) is 2.73. The minimum absolute atomic E-state index is 0.248. The van der Waals surface area contributed by atoms with Crippen LogP contribution in [-0.2, 0) is 6.42 Å². The summed E-state index contributed by atoms with van der Waals surface area (Å²) in [6.07, 6.45) is 0.444. The maximum absolute atomic E-state index is 13.7. The van der Waals surface area contributed by atoms with Crippen LogP contribution in [0, 0.1) is 5.82 Å². The molecule has 0 radical (unpaired) electrons. The molecule has 0 aliphatic heterocycles. The van der Waals surface area contributed by atoms with E-state index >= 15 is 0 Å². The second-order valence-corrected chi connectivity index (χ2v) is 5.45. The quantitative estimate of drug-likeness (QED) is 0.883. The molecule has 0 amide bonds. The highest BCUT2D eigenvalue weighted by Crippen LogP contribution is 2.22.